The van der Waals surface area contributed by atoms with E-state index in [9.17, 15) is 8.42 Å². The molecular weight excluding hydrogens is 482 g/mol. The van der Waals surface area contributed by atoms with Gasteiger partial charge in [-0.25, -0.2) is 17.9 Å². The predicted octanol–water partition coefficient (Wildman–Crippen LogP) is 5.62. The molecule has 1 aliphatic carbocycles. The number of aromatic nitrogens is 4. The molecule has 3 aromatic heterocycles. The number of rotatable bonds is 7. The maximum absolute atomic E-state index is 11.6. The Hall–Kier alpha value is -2.71. The molecule has 3 heterocycles. The Labute approximate surface area is 220 Å². The van der Waals surface area contributed by atoms with Crippen LogP contribution in [0.5, 0.6) is 0 Å². The van der Waals surface area contributed by atoms with E-state index >= 15 is 0 Å². The van der Waals surface area contributed by atoms with Crippen LogP contribution in [0.4, 0.5) is 0 Å². The molecule has 1 saturated carbocycles. The zero-order valence-corrected chi connectivity index (χ0v) is 23.7. The topological polar surface area (TPSA) is 83.4 Å². The predicted molar refractivity (Wildman–Crippen MR) is 151 cm³/mol. The van der Waals surface area contributed by atoms with Gasteiger partial charge in [0.2, 0.25) is 0 Å². The summed E-state index contributed by atoms with van der Waals surface area (Å²) in [5.74, 6) is 1.14. The van der Waals surface area contributed by atoms with Gasteiger partial charge in [-0.15, -0.1) is 0 Å². The molecule has 5 rings (SSSR count). The van der Waals surface area contributed by atoms with Crippen LogP contribution >= 0.6 is 0 Å². The van der Waals surface area contributed by atoms with E-state index in [1.54, 1.807) is 6.33 Å². The number of hydrogen-bond acceptors (Lipinski definition) is 5. The van der Waals surface area contributed by atoms with E-state index in [1.807, 2.05) is 4.52 Å². The van der Waals surface area contributed by atoms with E-state index in [0.29, 0.717) is 24.4 Å². The first-order valence-corrected chi connectivity index (χ1v) is 15.4. The molecule has 7 nitrogen and oxygen atoms in total. The summed E-state index contributed by atoms with van der Waals surface area (Å²) in [4.78, 5) is 10.4. The van der Waals surface area contributed by atoms with E-state index in [0.717, 1.165) is 36.9 Å². The van der Waals surface area contributed by atoms with Crippen molar-refractivity contribution in [3.8, 4) is 11.3 Å². The SMILES string of the molecule is Cc1c(-c2[nH]c3ccc(C4CCC(N(C)CCS(C)(=O)=O)CC4)cc3c2C(C)C)cn2ncnc2c1C. The van der Waals surface area contributed by atoms with Gasteiger partial charge in [-0.2, -0.15) is 5.10 Å². The van der Waals surface area contributed by atoms with Gasteiger partial charge in [0, 0.05) is 41.5 Å². The first kappa shape index (κ1) is 25.9. The number of hydrogen-bond donors (Lipinski definition) is 1. The number of sulfone groups is 1. The van der Waals surface area contributed by atoms with Crippen LogP contribution in [0.3, 0.4) is 0 Å². The first-order chi connectivity index (χ1) is 17.5. The summed E-state index contributed by atoms with van der Waals surface area (Å²) >= 11 is 0. The van der Waals surface area contributed by atoms with Crippen molar-refractivity contribution >= 4 is 26.4 Å². The molecule has 0 spiro atoms. The molecule has 0 radical (unpaired) electrons. The van der Waals surface area contributed by atoms with E-state index in [-0.39, 0.29) is 5.75 Å². The Balaban J connectivity index is 1.43. The van der Waals surface area contributed by atoms with E-state index in [1.165, 1.54) is 45.1 Å². The number of benzene rings is 1. The molecule has 198 valence electrons. The summed E-state index contributed by atoms with van der Waals surface area (Å²) in [5, 5.41) is 5.72. The third-order valence-electron chi connectivity index (χ3n) is 8.44. The average Bonchev–Trinajstić information content (AvgIpc) is 3.48. The lowest BCUT2D eigenvalue weighted by Crippen LogP contribution is -2.37. The van der Waals surface area contributed by atoms with Crippen LogP contribution in [0.15, 0.2) is 30.7 Å². The van der Waals surface area contributed by atoms with E-state index in [2.05, 4.69) is 79.1 Å². The fourth-order valence-electron chi connectivity index (χ4n) is 6.09. The normalized spacial score (nSPS) is 19.0. The Kier molecular flexibility index (Phi) is 6.92. The van der Waals surface area contributed by atoms with Crippen LogP contribution < -0.4 is 0 Å². The number of H-pyrrole nitrogens is 1. The van der Waals surface area contributed by atoms with Gasteiger partial charge in [0.25, 0.3) is 0 Å². The quantitative estimate of drug-likeness (QED) is 0.341. The smallest absolute Gasteiger partial charge is 0.158 e. The summed E-state index contributed by atoms with van der Waals surface area (Å²) < 4.78 is 25.0. The van der Waals surface area contributed by atoms with Crippen molar-refractivity contribution in [1.29, 1.82) is 0 Å². The highest BCUT2D eigenvalue weighted by Crippen LogP contribution is 2.41. The molecule has 8 heteroatoms. The van der Waals surface area contributed by atoms with E-state index in [4.69, 9.17) is 0 Å². The number of nitrogens with one attached hydrogen (secondary N) is 1. The summed E-state index contributed by atoms with van der Waals surface area (Å²) in [6, 6.07) is 7.42. The minimum atomic E-state index is -2.93. The van der Waals surface area contributed by atoms with Crippen molar-refractivity contribution < 1.29 is 8.42 Å². The minimum Gasteiger partial charge on any atom is -0.354 e. The maximum Gasteiger partial charge on any atom is 0.158 e. The van der Waals surface area contributed by atoms with Gasteiger partial charge in [-0.3, -0.25) is 0 Å². The minimum absolute atomic E-state index is 0.233. The number of aryl methyl sites for hydroxylation is 1. The van der Waals surface area contributed by atoms with Crippen molar-refractivity contribution in [3.05, 3.63) is 53.0 Å². The molecule has 0 amide bonds. The van der Waals surface area contributed by atoms with Crippen LogP contribution in [0.2, 0.25) is 0 Å². The molecule has 37 heavy (non-hydrogen) atoms. The Bertz CT molecular complexity index is 1540. The van der Waals surface area contributed by atoms with Crippen molar-refractivity contribution in [1.82, 2.24) is 24.5 Å². The van der Waals surface area contributed by atoms with Crippen molar-refractivity contribution in [2.45, 2.75) is 71.3 Å². The van der Waals surface area contributed by atoms with Gasteiger partial charge in [-0.05, 0) is 92.8 Å². The zero-order valence-electron chi connectivity index (χ0n) is 22.9. The molecule has 1 N–H and O–H groups in total. The first-order valence-electron chi connectivity index (χ1n) is 13.4. The van der Waals surface area contributed by atoms with Crippen LogP contribution in [0.1, 0.15) is 73.6 Å². The largest absolute Gasteiger partial charge is 0.354 e. The lowest BCUT2D eigenvalue weighted by Gasteiger charge is -2.34. The van der Waals surface area contributed by atoms with Gasteiger partial charge >= 0.3 is 0 Å². The van der Waals surface area contributed by atoms with Gasteiger partial charge < -0.3 is 9.88 Å². The summed E-state index contributed by atoms with van der Waals surface area (Å²) in [5.41, 5.74) is 9.58. The van der Waals surface area contributed by atoms with Crippen molar-refractivity contribution in [3.63, 3.8) is 0 Å². The summed E-state index contributed by atoms with van der Waals surface area (Å²) in [6.45, 7) is 9.45. The van der Waals surface area contributed by atoms with Crippen LogP contribution in [0.25, 0.3) is 27.8 Å². The van der Waals surface area contributed by atoms with Crippen LogP contribution in [0, 0.1) is 13.8 Å². The third-order valence-corrected chi connectivity index (χ3v) is 9.37. The van der Waals surface area contributed by atoms with Gasteiger partial charge in [-0.1, -0.05) is 19.9 Å². The monoisotopic (exact) mass is 521 g/mol. The summed E-state index contributed by atoms with van der Waals surface area (Å²) in [7, 11) is -0.859. The zero-order chi connectivity index (χ0) is 26.5. The van der Waals surface area contributed by atoms with Crippen molar-refractivity contribution in [2.75, 3.05) is 25.6 Å². The van der Waals surface area contributed by atoms with Crippen LogP contribution in [-0.4, -0.2) is 64.5 Å². The Morgan fingerprint density at radius 1 is 1.14 bits per heavy atom. The molecule has 0 saturated heterocycles. The van der Waals surface area contributed by atoms with Gasteiger partial charge in [0.1, 0.15) is 16.2 Å². The second-order valence-corrected chi connectivity index (χ2v) is 13.6. The number of pyridine rings is 1. The highest BCUT2D eigenvalue weighted by atomic mass is 32.2. The number of fused-ring (bicyclic) bond motifs is 2. The van der Waals surface area contributed by atoms with E-state index < -0.39 is 9.84 Å². The number of nitrogens with zero attached hydrogens (tertiary/aromatic N) is 4. The fraction of sp³-hybridized carbons (Fsp3) is 0.517. The third kappa shape index (κ3) is 5.06. The Morgan fingerprint density at radius 2 is 1.86 bits per heavy atom. The molecule has 0 aliphatic heterocycles. The molecular formula is C29H39N5O2S. The molecule has 0 unspecified atom stereocenters. The molecule has 4 aromatic rings. The molecule has 1 aliphatic rings. The fourth-order valence-corrected chi connectivity index (χ4v) is 6.71. The van der Waals surface area contributed by atoms with Crippen molar-refractivity contribution in [2.24, 2.45) is 0 Å². The second kappa shape index (κ2) is 9.87. The Morgan fingerprint density at radius 3 is 2.54 bits per heavy atom. The molecule has 0 bridgehead atoms. The standard InChI is InChI=1S/C29H39N5O2S/c1-18(2)27-24-15-22(21-7-10-23(11-8-21)33(5)13-14-37(6,35)36)9-12-26(24)32-28(27)25-16-34-29(30-17-31-34)20(4)19(25)3/h9,12,15-18,21,23,32H,7-8,10-11,13-14H2,1-6H3. The lowest BCUT2D eigenvalue weighted by molar-refractivity contribution is 0.191. The van der Waals surface area contributed by atoms with Crippen LogP contribution in [-0.2, 0) is 9.84 Å². The maximum atomic E-state index is 11.6. The summed E-state index contributed by atoms with van der Waals surface area (Å²) in [6.07, 6.45) is 9.52. The van der Waals surface area contributed by atoms with Gasteiger partial charge in [0.15, 0.2) is 5.65 Å². The number of aromatic amines is 1. The molecule has 0 atom stereocenters. The average molecular weight is 522 g/mol. The highest BCUT2D eigenvalue weighted by molar-refractivity contribution is 7.90. The van der Waals surface area contributed by atoms with Gasteiger partial charge in [0.05, 0.1) is 11.4 Å². The second-order valence-electron chi connectivity index (χ2n) is 11.3. The lowest BCUT2D eigenvalue weighted by atomic mass is 9.80. The molecule has 1 aromatic carbocycles. The molecule has 1 fully saturated rings. The highest BCUT2D eigenvalue weighted by Gasteiger charge is 2.27.